The van der Waals surface area contributed by atoms with Gasteiger partial charge in [0.05, 0.1) is 11.1 Å². The predicted molar refractivity (Wildman–Crippen MR) is 114 cm³/mol. The van der Waals surface area contributed by atoms with Gasteiger partial charge in [-0.25, -0.2) is 9.07 Å². The standard InChI is InChI=1S/C22H23FN4O3/c1-3-4-7-12-27-22(30)17-9-6-5-8-16(17)20(26-27)21(29)25-19-13-15(24-14(2)28)10-11-18(19)23/h5-6,8-11,13H,3-4,7,12H2,1-2H3,(H,24,28)(H,25,29). The summed E-state index contributed by atoms with van der Waals surface area (Å²) in [4.78, 5) is 36.9. The minimum Gasteiger partial charge on any atom is -0.326 e. The van der Waals surface area contributed by atoms with Gasteiger partial charge in [0.2, 0.25) is 5.91 Å². The van der Waals surface area contributed by atoms with Crippen molar-refractivity contribution in [2.75, 3.05) is 10.6 Å². The summed E-state index contributed by atoms with van der Waals surface area (Å²) in [5, 5.41) is 10.1. The molecule has 7 nitrogen and oxygen atoms in total. The van der Waals surface area contributed by atoms with E-state index in [4.69, 9.17) is 0 Å². The van der Waals surface area contributed by atoms with Gasteiger partial charge in [-0.3, -0.25) is 14.4 Å². The summed E-state index contributed by atoms with van der Waals surface area (Å²) in [5.74, 6) is -1.61. The fourth-order valence-corrected chi connectivity index (χ4v) is 3.15. The third kappa shape index (κ3) is 4.71. The molecule has 0 aliphatic carbocycles. The Morgan fingerprint density at radius 2 is 1.80 bits per heavy atom. The molecule has 0 atom stereocenters. The van der Waals surface area contributed by atoms with Crippen molar-refractivity contribution in [3.8, 4) is 0 Å². The first-order valence-electron chi connectivity index (χ1n) is 9.79. The van der Waals surface area contributed by atoms with E-state index in [2.05, 4.69) is 22.7 Å². The highest BCUT2D eigenvalue weighted by atomic mass is 19.1. The molecule has 156 valence electrons. The van der Waals surface area contributed by atoms with Crippen LogP contribution in [0.4, 0.5) is 15.8 Å². The van der Waals surface area contributed by atoms with Crippen LogP contribution in [0, 0.1) is 5.82 Å². The third-order valence-corrected chi connectivity index (χ3v) is 4.59. The smallest absolute Gasteiger partial charge is 0.276 e. The van der Waals surface area contributed by atoms with Gasteiger partial charge in [0, 0.05) is 24.5 Å². The molecule has 2 amide bonds. The molecule has 0 fully saturated rings. The first kappa shape index (κ1) is 21.2. The number of aromatic nitrogens is 2. The van der Waals surface area contributed by atoms with Gasteiger partial charge in [0.25, 0.3) is 11.5 Å². The van der Waals surface area contributed by atoms with Crippen molar-refractivity contribution < 1.29 is 14.0 Å². The molecule has 0 aliphatic heterocycles. The molecule has 0 radical (unpaired) electrons. The molecule has 0 unspecified atom stereocenters. The van der Waals surface area contributed by atoms with E-state index in [1.165, 1.54) is 23.7 Å². The Bertz CT molecular complexity index is 1160. The highest BCUT2D eigenvalue weighted by molar-refractivity contribution is 6.11. The zero-order chi connectivity index (χ0) is 21.7. The number of nitrogens with zero attached hydrogens (tertiary/aromatic N) is 2. The third-order valence-electron chi connectivity index (χ3n) is 4.59. The SMILES string of the molecule is CCCCCn1nc(C(=O)Nc2cc(NC(C)=O)ccc2F)c2ccccc2c1=O. The number of fused-ring (bicyclic) bond motifs is 1. The van der Waals surface area contributed by atoms with Crippen molar-refractivity contribution in [1.29, 1.82) is 0 Å². The number of anilines is 2. The van der Waals surface area contributed by atoms with Gasteiger partial charge in [-0.2, -0.15) is 5.10 Å². The number of rotatable bonds is 7. The Kier molecular flexibility index (Phi) is 6.56. The molecular formula is C22H23FN4O3. The van der Waals surface area contributed by atoms with Crippen LogP contribution in [0.1, 0.15) is 43.6 Å². The average molecular weight is 410 g/mol. The number of unbranched alkanes of at least 4 members (excludes halogenated alkanes) is 2. The summed E-state index contributed by atoms with van der Waals surface area (Å²) >= 11 is 0. The lowest BCUT2D eigenvalue weighted by molar-refractivity contribution is -0.114. The predicted octanol–water partition coefficient (Wildman–Crippen LogP) is 3.94. The topological polar surface area (TPSA) is 93.1 Å². The van der Waals surface area contributed by atoms with Crippen LogP contribution in [0.3, 0.4) is 0 Å². The fourth-order valence-electron chi connectivity index (χ4n) is 3.15. The molecule has 3 aromatic rings. The molecule has 1 heterocycles. The molecule has 2 N–H and O–H groups in total. The van der Waals surface area contributed by atoms with E-state index in [1.54, 1.807) is 24.3 Å². The van der Waals surface area contributed by atoms with E-state index in [0.29, 0.717) is 23.0 Å². The van der Waals surface area contributed by atoms with Gasteiger partial charge in [-0.1, -0.05) is 38.0 Å². The highest BCUT2D eigenvalue weighted by Crippen LogP contribution is 2.21. The van der Waals surface area contributed by atoms with Crippen molar-refractivity contribution in [2.24, 2.45) is 0 Å². The normalized spacial score (nSPS) is 10.8. The van der Waals surface area contributed by atoms with Crippen LogP contribution in [-0.2, 0) is 11.3 Å². The largest absolute Gasteiger partial charge is 0.326 e. The van der Waals surface area contributed by atoms with E-state index in [9.17, 15) is 18.8 Å². The van der Waals surface area contributed by atoms with Crippen molar-refractivity contribution in [1.82, 2.24) is 9.78 Å². The molecule has 0 saturated heterocycles. The number of hydrogen-bond acceptors (Lipinski definition) is 4. The summed E-state index contributed by atoms with van der Waals surface area (Å²) < 4.78 is 15.5. The van der Waals surface area contributed by atoms with Gasteiger partial charge in [-0.15, -0.1) is 0 Å². The van der Waals surface area contributed by atoms with Crippen LogP contribution < -0.4 is 16.2 Å². The zero-order valence-corrected chi connectivity index (χ0v) is 16.9. The maximum Gasteiger partial charge on any atom is 0.276 e. The Balaban J connectivity index is 1.99. The lowest BCUT2D eigenvalue weighted by atomic mass is 10.1. The molecule has 2 aromatic carbocycles. The van der Waals surface area contributed by atoms with E-state index < -0.39 is 11.7 Å². The van der Waals surface area contributed by atoms with Crippen LogP contribution in [0.2, 0.25) is 0 Å². The minimum absolute atomic E-state index is 0.0334. The minimum atomic E-state index is -0.655. The Labute approximate surface area is 172 Å². The van der Waals surface area contributed by atoms with Crippen molar-refractivity contribution >= 4 is 34.0 Å². The molecule has 8 heteroatoms. The van der Waals surface area contributed by atoms with E-state index in [-0.39, 0.29) is 22.8 Å². The molecule has 1 aromatic heterocycles. The van der Waals surface area contributed by atoms with Crippen molar-refractivity contribution in [3.05, 3.63) is 64.3 Å². The van der Waals surface area contributed by atoms with Gasteiger partial charge in [-0.05, 0) is 30.7 Å². The Morgan fingerprint density at radius 1 is 1.07 bits per heavy atom. The second-order valence-corrected chi connectivity index (χ2v) is 6.96. The lowest BCUT2D eigenvalue weighted by Crippen LogP contribution is -2.28. The number of aryl methyl sites for hydroxylation is 1. The number of amides is 2. The van der Waals surface area contributed by atoms with Crippen LogP contribution in [0.15, 0.2) is 47.3 Å². The summed E-state index contributed by atoms with van der Waals surface area (Å²) in [5.41, 5.74) is 0.0190. The van der Waals surface area contributed by atoms with Crippen molar-refractivity contribution in [2.45, 2.75) is 39.7 Å². The highest BCUT2D eigenvalue weighted by Gasteiger charge is 2.18. The number of nitrogens with one attached hydrogen (secondary N) is 2. The molecule has 3 rings (SSSR count). The zero-order valence-electron chi connectivity index (χ0n) is 16.9. The van der Waals surface area contributed by atoms with E-state index in [0.717, 1.165) is 25.3 Å². The monoisotopic (exact) mass is 410 g/mol. The maximum atomic E-state index is 14.2. The van der Waals surface area contributed by atoms with Crippen LogP contribution in [0.5, 0.6) is 0 Å². The molecular weight excluding hydrogens is 387 g/mol. The van der Waals surface area contributed by atoms with Gasteiger partial charge in [0.1, 0.15) is 5.82 Å². The number of halogens is 1. The second kappa shape index (κ2) is 9.30. The molecule has 0 bridgehead atoms. The van der Waals surface area contributed by atoms with Crippen LogP contribution >= 0.6 is 0 Å². The molecule has 30 heavy (non-hydrogen) atoms. The Hall–Kier alpha value is -3.55. The van der Waals surface area contributed by atoms with E-state index >= 15 is 0 Å². The van der Waals surface area contributed by atoms with Crippen molar-refractivity contribution in [3.63, 3.8) is 0 Å². The van der Waals surface area contributed by atoms with Gasteiger partial charge in [0.15, 0.2) is 5.69 Å². The Morgan fingerprint density at radius 3 is 2.50 bits per heavy atom. The van der Waals surface area contributed by atoms with Gasteiger partial charge >= 0.3 is 0 Å². The summed E-state index contributed by atoms with van der Waals surface area (Å²) in [6.07, 6.45) is 2.68. The number of carbonyl (C=O) groups excluding carboxylic acids is 2. The lowest BCUT2D eigenvalue weighted by Gasteiger charge is -2.12. The summed E-state index contributed by atoms with van der Waals surface area (Å²) in [6.45, 7) is 3.78. The first-order chi connectivity index (χ1) is 14.4. The molecule has 0 saturated carbocycles. The molecule has 0 spiro atoms. The van der Waals surface area contributed by atoms with Crippen LogP contribution in [-0.4, -0.2) is 21.6 Å². The average Bonchev–Trinajstić information content (AvgIpc) is 2.72. The fraction of sp³-hybridized carbons (Fsp3) is 0.273. The van der Waals surface area contributed by atoms with Gasteiger partial charge < -0.3 is 10.6 Å². The number of carbonyl (C=O) groups is 2. The quantitative estimate of drug-likeness (QED) is 0.577. The molecule has 0 aliphatic rings. The van der Waals surface area contributed by atoms with Crippen LogP contribution in [0.25, 0.3) is 10.8 Å². The van der Waals surface area contributed by atoms with E-state index in [1.807, 2.05) is 0 Å². The summed E-state index contributed by atoms with van der Waals surface area (Å²) in [7, 11) is 0. The number of hydrogen-bond donors (Lipinski definition) is 2. The maximum absolute atomic E-state index is 14.2. The number of benzene rings is 2. The second-order valence-electron chi connectivity index (χ2n) is 6.96. The first-order valence-corrected chi connectivity index (χ1v) is 9.79. The summed E-state index contributed by atoms with van der Waals surface area (Å²) in [6, 6.07) is 10.6.